The molecule has 0 radical (unpaired) electrons. The van der Waals surface area contributed by atoms with Crippen LogP contribution in [0.3, 0.4) is 0 Å². The Morgan fingerprint density at radius 3 is 2.07 bits per heavy atom. The molecule has 0 amide bonds. The summed E-state index contributed by atoms with van der Waals surface area (Å²) in [7, 11) is -0.567. The zero-order chi connectivity index (χ0) is 21.6. The minimum Gasteiger partial charge on any atom is -0.488 e. The van der Waals surface area contributed by atoms with E-state index >= 15 is 0 Å². The fourth-order valence-electron chi connectivity index (χ4n) is 3.66. The third-order valence-corrected chi connectivity index (χ3v) is 6.89. The van der Waals surface area contributed by atoms with Gasteiger partial charge >= 0.3 is 0 Å². The molecule has 0 bridgehead atoms. The second-order valence-corrected chi connectivity index (χ2v) is 9.19. The van der Waals surface area contributed by atoms with Gasteiger partial charge in [-0.2, -0.15) is 8.42 Å². The molecule has 2 aromatic carbocycles. The molecule has 0 N–H and O–H groups in total. The molecule has 7 heteroatoms. The largest absolute Gasteiger partial charge is 0.488 e. The molecule has 6 nitrogen and oxygen atoms in total. The van der Waals surface area contributed by atoms with Gasteiger partial charge in [0.05, 0.1) is 11.0 Å². The summed E-state index contributed by atoms with van der Waals surface area (Å²) in [5.41, 5.74) is 2.25. The number of ether oxygens (including phenoxy) is 3. The van der Waals surface area contributed by atoms with Crippen LogP contribution in [0.1, 0.15) is 42.7 Å². The van der Waals surface area contributed by atoms with Crippen LogP contribution >= 0.6 is 0 Å². The summed E-state index contributed by atoms with van der Waals surface area (Å²) in [5, 5.41) is 0. The molecule has 0 spiro atoms. The van der Waals surface area contributed by atoms with Crippen LogP contribution in [-0.2, 0) is 23.8 Å². The Kier molecular flexibility index (Phi) is 7.88. The van der Waals surface area contributed by atoms with Crippen molar-refractivity contribution in [2.24, 2.45) is 0 Å². The summed E-state index contributed by atoms with van der Waals surface area (Å²) in [6, 6.07) is 14.8. The molecule has 164 valence electrons. The van der Waals surface area contributed by atoms with Crippen molar-refractivity contribution in [2.75, 3.05) is 20.8 Å². The lowest BCUT2D eigenvalue weighted by Gasteiger charge is -2.28. The minimum absolute atomic E-state index is 0.218. The molecule has 3 rings (SSSR count). The highest BCUT2D eigenvalue weighted by Gasteiger charge is 2.27. The summed E-state index contributed by atoms with van der Waals surface area (Å²) in [5.74, 6) is 1.16. The van der Waals surface area contributed by atoms with E-state index in [0.29, 0.717) is 12.5 Å². The number of hydrogen-bond acceptors (Lipinski definition) is 6. The molecule has 0 unspecified atom stereocenters. The van der Waals surface area contributed by atoms with Gasteiger partial charge in [0, 0.05) is 14.2 Å². The van der Waals surface area contributed by atoms with Crippen molar-refractivity contribution >= 4 is 10.1 Å². The van der Waals surface area contributed by atoms with E-state index in [9.17, 15) is 8.42 Å². The summed E-state index contributed by atoms with van der Waals surface area (Å²) in [6.07, 6.45) is 2.56. The fraction of sp³-hybridized carbons (Fsp3) is 0.478. The van der Waals surface area contributed by atoms with Gasteiger partial charge in [-0.05, 0) is 68.4 Å². The van der Waals surface area contributed by atoms with Gasteiger partial charge in [0.25, 0.3) is 10.1 Å². The van der Waals surface area contributed by atoms with Crippen molar-refractivity contribution in [3.05, 3.63) is 59.7 Å². The van der Waals surface area contributed by atoms with E-state index in [1.807, 2.05) is 19.1 Å². The SMILES string of the molecule is COC(COc1ccc([C@H]2CC[C@H](OS(=O)(=O)c3ccc(C)cc3)CC2)cc1)OC. The van der Waals surface area contributed by atoms with E-state index in [4.69, 9.17) is 18.4 Å². The lowest BCUT2D eigenvalue weighted by Crippen LogP contribution is -2.24. The summed E-state index contributed by atoms with van der Waals surface area (Å²) < 4.78 is 46.4. The third kappa shape index (κ3) is 6.04. The summed E-state index contributed by atoms with van der Waals surface area (Å²) >= 11 is 0. The van der Waals surface area contributed by atoms with Crippen molar-refractivity contribution in [2.45, 2.75) is 55.8 Å². The molecule has 0 heterocycles. The number of hydrogen-bond donors (Lipinski definition) is 0. The van der Waals surface area contributed by atoms with E-state index in [1.54, 1.807) is 38.5 Å². The van der Waals surface area contributed by atoms with Crippen molar-refractivity contribution < 1.29 is 26.8 Å². The summed E-state index contributed by atoms with van der Waals surface area (Å²) in [4.78, 5) is 0.218. The number of rotatable bonds is 9. The highest BCUT2D eigenvalue weighted by molar-refractivity contribution is 7.86. The highest BCUT2D eigenvalue weighted by Crippen LogP contribution is 2.35. The molecular formula is C23H30O6S. The molecule has 1 aliphatic carbocycles. The molecule has 0 saturated heterocycles. The van der Waals surface area contributed by atoms with Gasteiger partial charge in [0.2, 0.25) is 0 Å². The van der Waals surface area contributed by atoms with E-state index in [-0.39, 0.29) is 11.0 Å². The molecule has 1 aliphatic rings. The molecule has 2 aromatic rings. The monoisotopic (exact) mass is 434 g/mol. The fourth-order valence-corrected chi connectivity index (χ4v) is 4.80. The highest BCUT2D eigenvalue weighted by atomic mass is 32.2. The molecule has 1 fully saturated rings. The Hall–Kier alpha value is -1.93. The number of methoxy groups -OCH3 is 2. The summed E-state index contributed by atoms with van der Waals surface area (Å²) in [6.45, 7) is 2.25. The average molecular weight is 435 g/mol. The molecule has 30 heavy (non-hydrogen) atoms. The first-order valence-electron chi connectivity index (χ1n) is 10.2. The number of aryl methyl sites for hydroxylation is 1. The second kappa shape index (κ2) is 10.4. The topological polar surface area (TPSA) is 71.1 Å². The van der Waals surface area contributed by atoms with Gasteiger partial charge in [-0.3, -0.25) is 4.18 Å². The second-order valence-electron chi connectivity index (χ2n) is 7.62. The van der Waals surface area contributed by atoms with Crippen molar-refractivity contribution in [3.8, 4) is 5.75 Å². The van der Waals surface area contributed by atoms with Crippen LogP contribution < -0.4 is 4.74 Å². The molecular weight excluding hydrogens is 404 g/mol. The zero-order valence-corrected chi connectivity index (χ0v) is 18.6. The maximum Gasteiger partial charge on any atom is 0.297 e. The van der Waals surface area contributed by atoms with Crippen molar-refractivity contribution in [3.63, 3.8) is 0 Å². The van der Waals surface area contributed by atoms with Crippen molar-refractivity contribution in [1.82, 2.24) is 0 Å². The van der Waals surface area contributed by atoms with Crippen molar-refractivity contribution in [1.29, 1.82) is 0 Å². The zero-order valence-electron chi connectivity index (χ0n) is 17.7. The van der Waals surface area contributed by atoms with Gasteiger partial charge in [0.1, 0.15) is 12.4 Å². The van der Waals surface area contributed by atoms with Gasteiger partial charge < -0.3 is 14.2 Å². The van der Waals surface area contributed by atoms with Crippen LogP contribution in [0.2, 0.25) is 0 Å². The molecule has 0 aliphatic heterocycles. The maximum atomic E-state index is 12.5. The average Bonchev–Trinajstić information content (AvgIpc) is 2.75. The van der Waals surface area contributed by atoms with E-state index in [0.717, 1.165) is 37.0 Å². The number of benzene rings is 2. The van der Waals surface area contributed by atoms with Crippen LogP contribution in [0.25, 0.3) is 0 Å². The molecule has 1 saturated carbocycles. The van der Waals surface area contributed by atoms with Gasteiger partial charge in [-0.1, -0.05) is 29.8 Å². The Morgan fingerprint density at radius 1 is 0.900 bits per heavy atom. The molecule has 0 atom stereocenters. The van der Waals surface area contributed by atoms with Crippen LogP contribution in [0, 0.1) is 6.92 Å². The smallest absolute Gasteiger partial charge is 0.297 e. The Balaban J connectivity index is 1.51. The van der Waals surface area contributed by atoms with E-state index < -0.39 is 16.4 Å². The van der Waals surface area contributed by atoms with Crippen LogP contribution in [0.15, 0.2) is 53.4 Å². The lowest BCUT2D eigenvalue weighted by atomic mass is 9.83. The first kappa shape index (κ1) is 22.7. The standard InChI is InChI=1S/C23H30O6S/c1-17-4-14-22(15-5-17)30(24,25)29-21-12-8-19(9-13-21)18-6-10-20(11-7-18)28-16-23(26-2)27-3/h4-7,10-11,14-15,19,21,23H,8-9,12-13,16H2,1-3H3/t19-,21-. The minimum atomic E-state index is -3.72. The van der Waals surface area contributed by atoms with Crippen LogP contribution in [-0.4, -0.2) is 41.6 Å². The first-order valence-corrected chi connectivity index (χ1v) is 11.6. The first-order chi connectivity index (χ1) is 14.4. The Morgan fingerprint density at radius 2 is 1.50 bits per heavy atom. The van der Waals surface area contributed by atoms with E-state index in [1.165, 1.54) is 5.56 Å². The van der Waals surface area contributed by atoms with Crippen LogP contribution in [0.4, 0.5) is 0 Å². The predicted molar refractivity (Wildman–Crippen MR) is 114 cm³/mol. The van der Waals surface area contributed by atoms with Gasteiger partial charge in [-0.15, -0.1) is 0 Å². The third-order valence-electron chi connectivity index (χ3n) is 5.51. The van der Waals surface area contributed by atoms with Gasteiger partial charge in [0.15, 0.2) is 6.29 Å². The predicted octanol–water partition coefficient (Wildman–Crippen LogP) is 4.42. The maximum absolute atomic E-state index is 12.5. The normalized spacial score (nSPS) is 19.7. The van der Waals surface area contributed by atoms with Crippen LogP contribution in [0.5, 0.6) is 5.75 Å². The van der Waals surface area contributed by atoms with E-state index in [2.05, 4.69) is 12.1 Å². The Bertz CT molecular complexity index is 880. The van der Waals surface area contributed by atoms with Gasteiger partial charge in [-0.25, -0.2) is 0 Å². The quantitative estimate of drug-likeness (QED) is 0.430. The Labute approximate surface area is 179 Å². The lowest BCUT2D eigenvalue weighted by molar-refractivity contribution is -0.121. The molecule has 0 aromatic heterocycles.